The molecule has 1 amide bonds. The standard InChI is InChI=1S/C13H16FN3O3S/c1-9(13(18)16-2)8-17(3)21(19,20)12-6-4-5-11(14)10(12)7-15/h4-6,9H,8H2,1-3H3,(H,16,18). The highest BCUT2D eigenvalue weighted by Gasteiger charge is 2.28. The zero-order chi connectivity index (χ0) is 16.2. The van der Waals surface area contributed by atoms with E-state index in [9.17, 15) is 17.6 Å². The molecule has 0 fully saturated rings. The van der Waals surface area contributed by atoms with Gasteiger partial charge in [0.2, 0.25) is 15.9 Å². The van der Waals surface area contributed by atoms with Crippen molar-refractivity contribution in [2.45, 2.75) is 11.8 Å². The number of carbonyl (C=O) groups excluding carboxylic acids is 1. The Morgan fingerprint density at radius 3 is 2.67 bits per heavy atom. The van der Waals surface area contributed by atoms with Crippen LogP contribution >= 0.6 is 0 Å². The summed E-state index contributed by atoms with van der Waals surface area (Å²) in [5, 5.41) is 11.3. The van der Waals surface area contributed by atoms with Crippen LogP contribution < -0.4 is 5.32 Å². The fourth-order valence-corrected chi connectivity index (χ4v) is 3.22. The summed E-state index contributed by atoms with van der Waals surface area (Å²) in [7, 11) is -1.32. The van der Waals surface area contributed by atoms with Crippen molar-refractivity contribution >= 4 is 15.9 Å². The minimum absolute atomic E-state index is 0.0800. The molecule has 8 heteroatoms. The van der Waals surface area contributed by atoms with E-state index in [4.69, 9.17) is 5.26 Å². The smallest absolute Gasteiger partial charge is 0.244 e. The number of amides is 1. The number of benzene rings is 1. The topological polar surface area (TPSA) is 90.3 Å². The molecular formula is C13H16FN3O3S. The van der Waals surface area contributed by atoms with Crippen LogP contribution in [0.2, 0.25) is 0 Å². The van der Waals surface area contributed by atoms with Gasteiger partial charge < -0.3 is 5.32 Å². The number of nitrogens with one attached hydrogen (secondary N) is 1. The fourth-order valence-electron chi connectivity index (χ4n) is 1.81. The summed E-state index contributed by atoms with van der Waals surface area (Å²) in [6, 6.07) is 4.96. The van der Waals surface area contributed by atoms with Crippen molar-refractivity contribution < 1.29 is 17.6 Å². The number of nitriles is 1. The van der Waals surface area contributed by atoms with Crippen LogP contribution in [0.5, 0.6) is 0 Å². The second kappa shape index (κ2) is 6.65. The van der Waals surface area contributed by atoms with Gasteiger partial charge in [0.05, 0.1) is 0 Å². The molecule has 0 saturated carbocycles. The Hall–Kier alpha value is -1.98. The summed E-state index contributed by atoms with van der Waals surface area (Å²) >= 11 is 0. The molecule has 0 heterocycles. The Balaban J connectivity index is 3.15. The van der Waals surface area contributed by atoms with E-state index in [1.807, 2.05) is 0 Å². The molecule has 0 aliphatic heterocycles. The molecule has 1 rings (SSSR count). The molecule has 114 valence electrons. The summed E-state index contributed by atoms with van der Waals surface area (Å²) in [6.45, 7) is 1.49. The normalized spacial score (nSPS) is 12.8. The molecule has 0 saturated heterocycles. The van der Waals surface area contributed by atoms with Crippen LogP contribution in [0.3, 0.4) is 0 Å². The van der Waals surface area contributed by atoms with Crippen LogP contribution in [0.4, 0.5) is 4.39 Å². The van der Waals surface area contributed by atoms with Crippen molar-refractivity contribution in [3.63, 3.8) is 0 Å². The minimum atomic E-state index is -4.05. The number of carbonyl (C=O) groups is 1. The molecule has 1 aromatic rings. The molecule has 1 N–H and O–H groups in total. The summed E-state index contributed by atoms with van der Waals surface area (Å²) in [4.78, 5) is 11.0. The number of rotatable bonds is 5. The molecule has 0 aromatic heterocycles. The Bertz CT molecular complexity index is 682. The van der Waals surface area contributed by atoms with Crippen molar-refractivity contribution in [2.75, 3.05) is 20.6 Å². The number of nitrogens with zero attached hydrogens (tertiary/aromatic N) is 2. The van der Waals surface area contributed by atoms with Crippen LogP contribution in [0.15, 0.2) is 23.1 Å². The molecule has 0 aliphatic rings. The van der Waals surface area contributed by atoms with E-state index in [1.165, 1.54) is 20.2 Å². The average Bonchev–Trinajstić information content (AvgIpc) is 2.45. The van der Waals surface area contributed by atoms with Crippen LogP contribution in [0.25, 0.3) is 0 Å². The highest BCUT2D eigenvalue weighted by molar-refractivity contribution is 7.89. The van der Waals surface area contributed by atoms with E-state index >= 15 is 0 Å². The van der Waals surface area contributed by atoms with Crippen molar-refractivity contribution in [1.82, 2.24) is 9.62 Å². The molecule has 0 bridgehead atoms. The monoisotopic (exact) mass is 313 g/mol. The first-order chi connectivity index (χ1) is 9.75. The molecule has 21 heavy (non-hydrogen) atoms. The van der Waals surface area contributed by atoms with E-state index in [0.29, 0.717) is 0 Å². The zero-order valence-electron chi connectivity index (χ0n) is 11.9. The van der Waals surface area contributed by atoms with Gasteiger partial charge in [0, 0.05) is 26.6 Å². The molecule has 1 atom stereocenters. The van der Waals surface area contributed by atoms with E-state index in [0.717, 1.165) is 16.4 Å². The van der Waals surface area contributed by atoms with Crippen molar-refractivity contribution in [3.8, 4) is 6.07 Å². The zero-order valence-corrected chi connectivity index (χ0v) is 12.7. The van der Waals surface area contributed by atoms with Crippen molar-refractivity contribution in [3.05, 3.63) is 29.6 Å². The molecular weight excluding hydrogens is 297 g/mol. The van der Waals surface area contributed by atoms with Gasteiger partial charge >= 0.3 is 0 Å². The van der Waals surface area contributed by atoms with Gasteiger partial charge in [0.25, 0.3) is 0 Å². The lowest BCUT2D eigenvalue weighted by molar-refractivity contribution is -0.124. The van der Waals surface area contributed by atoms with Gasteiger partial charge in [-0.05, 0) is 12.1 Å². The molecule has 6 nitrogen and oxygen atoms in total. The lowest BCUT2D eigenvalue weighted by Gasteiger charge is -2.21. The van der Waals surface area contributed by atoms with Gasteiger partial charge in [-0.3, -0.25) is 4.79 Å². The first-order valence-electron chi connectivity index (χ1n) is 6.12. The molecule has 1 aromatic carbocycles. The van der Waals surface area contributed by atoms with Crippen molar-refractivity contribution in [2.24, 2.45) is 5.92 Å². The molecule has 0 radical (unpaired) electrons. The van der Waals surface area contributed by atoms with Crippen LogP contribution in [-0.4, -0.2) is 39.3 Å². The maximum atomic E-state index is 13.5. The minimum Gasteiger partial charge on any atom is -0.359 e. The Morgan fingerprint density at radius 1 is 1.52 bits per heavy atom. The third-order valence-corrected chi connectivity index (χ3v) is 4.87. The first kappa shape index (κ1) is 17.1. The summed E-state index contributed by atoms with van der Waals surface area (Å²) in [5.74, 6) is -1.78. The van der Waals surface area contributed by atoms with Gasteiger partial charge in [-0.1, -0.05) is 13.0 Å². The predicted octanol–water partition coefficient (Wildman–Crippen LogP) is 0.700. The van der Waals surface area contributed by atoms with Crippen LogP contribution in [0, 0.1) is 23.1 Å². The summed E-state index contributed by atoms with van der Waals surface area (Å²) < 4.78 is 39.2. The summed E-state index contributed by atoms with van der Waals surface area (Å²) in [6.07, 6.45) is 0. The number of hydrogen-bond acceptors (Lipinski definition) is 4. The highest BCUT2D eigenvalue weighted by Crippen LogP contribution is 2.21. The van der Waals surface area contributed by atoms with E-state index in [-0.39, 0.29) is 12.5 Å². The average molecular weight is 313 g/mol. The SMILES string of the molecule is CNC(=O)C(C)CN(C)S(=O)(=O)c1cccc(F)c1C#N. The van der Waals surface area contributed by atoms with Crippen LogP contribution in [0.1, 0.15) is 12.5 Å². The Morgan fingerprint density at radius 2 is 2.14 bits per heavy atom. The lowest BCUT2D eigenvalue weighted by Crippen LogP contribution is -2.37. The quantitative estimate of drug-likeness (QED) is 0.866. The molecule has 0 aliphatic carbocycles. The maximum absolute atomic E-state index is 13.5. The van der Waals surface area contributed by atoms with E-state index in [2.05, 4.69) is 5.32 Å². The second-order valence-electron chi connectivity index (χ2n) is 4.53. The fraction of sp³-hybridized carbons (Fsp3) is 0.385. The van der Waals surface area contributed by atoms with E-state index in [1.54, 1.807) is 13.0 Å². The summed E-state index contributed by atoms with van der Waals surface area (Å²) in [5.41, 5.74) is -0.531. The van der Waals surface area contributed by atoms with E-state index < -0.39 is 32.2 Å². The Kier molecular flexibility index (Phi) is 5.41. The van der Waals surface area contributed by atoms with Crippen LogP contribution in [-0.2, 0) is 14.8 Å². The van der Waals surface area contributed by atoms with Gasteiger partial charge in [-0.25, -0.2) is 17.1 Å². The second-order valence-corrected chi connectivity index (χ2v) is 6.54. The largest absolute Gasteiger partial charge is 0.359 e. The van der Waals surface area contributed by atoms with Crippen molar-refractivity contribution in [1.29, 1.82) is 5.26 Å². The molecule has 1 unspecified atom stereocenters. The van der Waals surface area contributed by atoms with Gasteiger partial charge in [0.15, 0.2) is 0 Å². The number of hydrogen-bond donors (Lipinski definition) is 1. The third kappa shape index (κ3) is 3.56. The maximum Gasteiger partial charge on any atom is 0.244 e. The number of sulfonamides is 1. The van der Waals surface area contributed by atoms with Gasteiger partial charge in [-0.2, -0.15) is 5.26 Å². The third-order valence-electron chi connectivity index (χ3n) is 3.00. The van der Waals surface area contributed by atoms with Gasteiger partial charge in [-0.15, -0.1) is 0 Å². The van der Waals surface area contributed by atoms with Gasteiger partial charge in [0.1, 0.15) is 22.3 Å². The Labute approximate surface area is 123 Å². The number of halogens is 1. The lowest BCUT2D eigenvalue weighted by atomic mass is 10.2. The highest BCUT2D eigenvalue weighted by atomic mass is 32.2. The predicted molar refractivity (Wildman–Crippen MR) is 74.2 cm³/mol. The first-order valence-corrected chi connectivity index (χ1v) is 7.56. The molecule has 0 spiro atoms.